The lowest BCUT2D eigenvalue weighted by Crippen LogP contribution is -2.66. The van der Waals surface area contributed by atoms with Gasteiger partial charge in [-0.2, -0.15) is 0 Å². The summed E-state index contributed by atoms with van der Waals surface area (Å²) in [5.74, 6) is 0.0936. The third-order valence-electron chi connectivity index (χ3n) is 4.24. The Balaban J connectivity index is 1.99. The third-order valence-corrected chi connectivity index (χ3v) is 4.24. The summed E-state index contributed by atoms with van der Waals surface area (Å²) < 4.78 is 11.6. The van der Waals surface area contributed by atoms with E-state index in [1.807, 2.05) is 20.8 Å². The molecule has 114 valence electrons. The Kier molecular flexibility index (Phi) is 4.09. The molecule has 0 aliphatic carbocycles. The first kappa shape index (κ1) is 15.3. The van der Waals surface area contributed by atoms with Crippen LogP contribution in [0.1, 0.15) is 40.5 Å². The number of nitrogens with zero attached hydrogens (tertiary/aromatic N) is 1. The molecule has 0 radical (unpaired) electrons. The van der Waals surface area contributed by atoms with Crippen LogP contribution in [0.3, 0.4) is 0 Å². The van der Waals surface area contributed by atoms with Gasteiger partial charge in [-0.25, -0.2) is 4.79 Å². The second kappa shape index (κ2) is 5.35. The molecule has 0 aromatic rings. The zero-order valence-corrected chi connectivity index (χ0v) is 13.0. The van der Waals surface area contributed by atoms with E-state index in [9.17, 15) is 9.59 Å². The summed E-state index contributed by atoms with van der Waals surface area (Å²) in [5.41, 5.74) is -0.446. The van der Waals surface area contributed by atoms with Gasteiger partial charge >= 0.3 is 11.9 Å². The van der Waals surface area contributed by atoms with Crippen molar-refractivity contribution >= 4 is 11.9 Å². The van der Waals surface area contributed by atoms with Gasteiger partial charge in [0.15, 0.2) is 12.6 Å². The van der Waals surface area contributed by atoms with Gasteiger partial charge in [-0.1, -0.05) is 0 Å². The summed E-state index contributed by atoms with van der Waals surface area (Å²) in [4.78, 5) is 23.3. The van der Waals surface area contributed by atoms with E-state index < -0.39 is 5.60 Å². The second-order valence-corrected chi connectivity index (χ2v) is 7.20. The smallest absolute Gasteiger partial charge is 0.362 e. The molecule has 0 spiro atoms. The number of esters is 2. The summed E-state index contributed by atoms with van der Waals surface area (Å²) in [6.07, 6.45) is 2.03. The highest BCUT2D eigenvalue weighted by atomic mass is 16.6. The van der Waals surface area contributed by atoms with Crippen LogP contribution in [0.15, 0.2) is 0 Å². The molecule has 3 rings (SSSR count). The number of rotatable bonds is 3. The molecule has 3 saturated heterocycles. The Hall–Kier alpha value is -1.10. The maximum absolute atomic E-state index is 12.1. The zero-order valence-electron chi connectivity index (χ0n) is 13.0. The molecule has 1 atom stereocenters. The van der Waals surface area contributed by atoms with Crippen LogP contribution < -0.4 is 0 Å². The Bertz CT molecular complexity index is 391. The minimum atomic E-state index is -0.446. The van der Waals surface area contributed by atoms with Crippen LogP contribution >= 0.6 is 0 Å². The number of ether oxygens (including phenoxy) is 2. The largest absolute Gasteiger partial charge is 0.456 e. The quantitative estimate of drug-likeness (QED) is 0.582. The van der Waals surface area contributed by atoms with Crippen LogP contribution in [0.4, 0.5) is 0 Å². The number of hydrogen-bond donors (Lipinski definition) is 0. The molecular weight excluding hydrogens is 258 g/mol. The molecule has 0 saturated carbocycles. The SMILES string of the molecule is CC(=O)O[C@H]1C[N+]2(CC(=O)OC(C)(C)C)CCC1CC2. The van der Waals surface area contributed by atoms with Crippen molar-refractivity contribution in [1.82, 2.24) is 0 Å². The van der Waals surface area contributed by atoms with Gasteiger partial charge in [0.05, 0.1) is 13.1 Å². The lowest BCUT2D eigenvalue weighted by atomic mass is 9.83. The topological polar surface area (TPSA) is 52.6 Å². The van der Waals surface area contributed by atoms with Crippen molar-refractivity contribution in [3.05, 3.63) is 0 Å². The minimum absolute atomic E-state index is 0.0302. The van der Waals surface area contributed by atoms with Crippen LogP contribution in [0.25, 0.3) is 0 Å². The van der Waals surface area contributed by atoms with Crippen LogP contribution in [-0.4, -0.2) is 54.3 Å². The first-order valence-electron chi connectivity index (χ1n) is 7.43. The first-order chi connectivity index (χ1) is 9.19. The molecule has 0 unspecified atom stereocenters. The van der Waals surface area contributed by atoms with Crippen molar-refractivity contribution < 1.29 is 23.5 Å². The maximum Gasteiger partial charge on any atom is 0.362 e. The van der Waals surface area contributed by atoms with E-state index in [1.54, 1.807) is 0 Å². The van der Waals surface area contributed by atoms with Crippen molar-refractivity contribution in [1.29, 1.82) is 0 Å². The van der Waals surface area contributed by atoms with E-state index in [-0.39, 0.29) is 18.0 Å². The standard InChI is InChI=1S/C15H26NO4/c1-11(17)19-13-9-16(7-5-12(13)6-8-16)10-14(18)20-15(2,3)4/h12-13H,5-10H2,1-4H3/q+1/t12?,13-,16?/m0/s1. The van der Waals surface area contributed by atoms with E-state index in [1.165, 1.54) is 6.92 Å². The number of hydrogen-bond acceptors (Lipinski definition) is 4. The van der Waals surface area contributed by atoms with Gasteiger partial charge in [0.2, 0.25) is 0 Å². The molecule has 20 heavy (non-hydrogen) atoms. The predicted molar refractivity (Wildman–Crippen MR) is 73.9 cm³/mol. The first-order valence-corrected chi connectivity index (χ1v) is 7.43. The zero-order chi connectivity index (χ0) is 15.0. The molecule has 3 aliphatic rings. The number of piperidine rings is 3. The fourth-order valence-corrected chi connectivity index (χ4v) is 3.44. The number of carbonyl (C=O) groups excluding carboxylic acids is 2. The van der Waals surface area contributed by atoms with Gasteiger partial charge in [-0.15, -0.1) is 0 Å². The normalized spacial score (nSPS) is 32.8. The highest BCUT2D eigenvalue weighted by molar-refractivity contribution is 5.71. The van der Waals surface area contributed by atoms with Crippen LogP contribution in [0.5, 0.6) is 0 Å². The monoisotopic (exact) mass is 284 g/mol. The molecule has 0 aromatic carbocycles. The van der Waals surface area contributed by atoms with Crippen LogP contribution in [0, 0.1) is 5.92 Å². The van der Waals surface area contributed by atoms with Crippen molar-refractivity contribution in [2.45, 2.75) is 52.2 Å². The van der Waals surface area contributed by atoms with E-state index in [2.05, 4.69) is 0 Å². The summed E-state index contributed by atoms with van der Waals surface area (Å²) in [6.45, 7) is 10.2. The van der Waals surface area contributed by atoms with Gasteiger partial charge in [0, 0.05) is 25.7 Å². The Morgan fingerprint density at radius 3 is 2.30 bits per heavy atom. The fraction of sp³-hybridized carbons (Fsp3) is 0.867. The Morgan fingerprint density at radius 2 is 1.80 bits per heavy atom. The van der Waals surface area contributed by atoms with Gasteiger partial charge in [-0.3, -0.25) is 4.79 Å². The average Bonchev–Trinajstić information content (AvgIpc) is 2.25. The van der Waals surface area contributed by atoms with Gasteiger partial charge < -0.3 is 14.0 Å². The lowest BCUT2D eigenvalue weighted by Gasteiger charge is -2.51. The summed E-state index contributed by atoms with van der Waals surface area (Å²) in [5, 5.41) is 0. The van der Waals surface area contributed by atoms with Crippen LogP contribution in [0.2, 0.25) is 0 Å². The van der Waals surface area contributed by atoms with Crippen molar-refractivity contribution in [2.24, 2.45) is 5.92 Å². The lowest BCUT2D eigenvalue weighted by molar-refractivity contribution is -0.939. The van der Waals surface area contributed by atoms with Gasteiger partial charge in [0.1, 0.15) is 12.1 Å². The predicted octanol–water partition coefficient (Wildman–Crippen LogP) is 1.50. The molecule has 2 bridgehead atoms. The molecule has 5 nitrogen and oxygen atoms in total. The molecule has 0 N–H and O–H groups in total. The van der Waals surface area contributed by atoms with E-state index >= 15 is 0 Å². The summed E-state index contributed by atoms with van der Waals surface area (Å²) >= 11 is 0. The fourth-order valence-electron chi connectivity index (χ4n) is 3.44. The summed E-state index contributed by atoms with van der Waals surface area (Å²) in [7, 11) is 0. The maximum atomic E-state index is 12.1. The highest BCUT2D eigenvalue weighted by Crippen LogP contribution is 2.35. The average molecular weight is 284 g/mol. The van der Waals surface area contributed by atoms with Crippen LogP contribution in [-0.2, 0) is 19.1 Å². The molecule has 3 heterocycles. The molecule has 3 fully saturated rings. The second-order valence-electron chi connectivity index (χ2n) is 7.20. The number of fused-ring (bicyclic) bond motifs is 3. The van der Waals surface area contributed by atoms with E-state index in [0.29, 0.717) is 16.9 Å². The minimum Gasteiger partial charge on any atom is -0.456 e. The Labute approximate surface area is 120 Å². The molecule has 0 aromatic heterocycles. The Morgan fingerprint density at radius 1 is 1.20 bits per heavy atom. The number of quaternary nitrogens is 1. The van der Waals surface area contributed by atoms with E-state index in [0.717, 1.165) is 32.5 Å². The van der Waals surface area contributed by atoms with Gasteiger partial charge in [-0.05, 0) is 20.8 Å². The summed E-state index contributed by atoms with van der Waals surface area (Å²) in [6, 6.07) is 0. The van der Waals surface area contributed by atoms with Crippen molar-refractivity contribution in [3.8, 4) is 0 Å². The molecule has 5 heteroatoms. The highest BCUT2D eigenvalue weighted by Gasteiger charge is 2.48. The van der Waals surface area contributed by atoms with Crippen molar-refractivity contribution in [2.75, 3.05) is 26.2 Å². The molecule has 3 aliphatic heterocycles. The van der Waals surface area contributed by atoms with E-state index in [4.69, 9.17) is 9.47 Å². The number of carbonyl (C=O) groups is 2. The molecule has 0 amide bonds. The van der Waals surface area contributed by atoms with Gasteiger partial charge in [0.25, 0.3) is 0 Å². The van der Waals surface area contributed by atoms with Crippen molar-refractivity contribution in [3.63, 3.8) is 0 Å². The molecular formula is C15H26NO4+. The third kappa shape index (κ3) is 3.72.